The van der Waals surface area contributed by atoms with Crippen molar-refractivity contribution in [2.24, 2.45) is 11.1 Å². The van der Waals surface area contributed by atoms with Crippen LogP contribution in [-0.4, -0.2) is 42.6 Å². The Labute approximate surface area is 207 Å². The quantitative estimate of drug-likeness (QED) is 0.303. The third-order valence-electron chi connectivity index (χ3n) is 5.33. The van der Waals surface area contributed by atoms with E-state index in [1.165, 1.54) is 12.1 Å². The van der Waals surface area contributed by atoms with Gasteiger partial charge in [-0.25, -0.2) is 0 Å². The fraction of sp³-hybridized carbons (Fsp3) is 0.615. The molecule has 0 amide bonds. The van der Waals surface area contributed by atoms with Crippen LogP contribution in [0.4, 0.5) is 0 Å². The smallest absolute Gasteiger partial charge is 0.323 e. The Balaban J connectivity index is 2.80. The lowest BCUT2D eigenvalue weighted by Gasteiger charge is -2.23. The lowest BCUT2D eigenvalue weighted by molar-refractivity contribution is -0.166. The molecule has 2 atom stereocenters. The van der Waals surface area contributed by atoms with Crippen LogP contribution in [0, 0.1) is 5.41 Å². The molecule has 0 unspecified atom stereocenters. The van der Waals surface area contributed by atoms with Gasteiger partial charge in [0.25, 0.3) is 0 Å². The molecular weight excluding hydrogens is 454 g/mol. The van der Waals surface area contributed by atoms with Gasteiger partial charge in [0.15, 0.2) is 11.5 Å². The summed E-state index contributed by atoms with van der Waals surface area (Å²) in [4.78, 5) is 48.5. The molecule has 0 aliphatic rings. The first-order valence-electron chi connectivity index (χ1n) is 12.1. The third-order valence-corrected chi connectivity index (χ3v) is 5.33. The van der Waals surface area contributed by atoms with Gasteiger partial charge in [-0.1, -0.05) is 26.8 Å². The second-order valence-electron chi connectivity index (χ2n) is 9.12. The molecule has 0 aliphatic carbocycles. The van der Waals surface area contributed by atoms with Crippen LogP contribution in [-0.2, 0) is 35.1 Å². The molecule has 9 heteroatoms. The summed E-state index contributed by atoms with van der Waals surface area (Å²) in [5.74, 6) is -1.71. The van der Waals surface area contributed by atoms with E-state index in [0.29, 0.717) is 24.8 Å². The average Bonchev–Trinajstić information content (AvgIpc) is 2.79. The molecule has 1 aromatic rings. The Morgan fingerprint density at radius 2 is 1.51 bits per heavy atom. The number of hydrogen-bond acceptors (Lipinski definition) is 9. The second-order valence-corrected chi connectivity index (χ2v) is 9.12. The molecule has 0 saturated heterocycles. The van der Waals surface area contributed by atoms with Crippen molar-refractivity contribution in [3.63, 3.8) is 0 Å². The molecule has 0 spiro atoms. The van der Waals surface area contributed by atoms with E-state index < -0.39 is 35.5 Å². The zero-order valence-electron chi connectivity index (χ0n) is 21.7. The summed E-state index contributed by atoms with van der Waals surface area (Å²) in [5, 5.41) is 0. The Morgan fingerprint density at radius 3 is 2.06 bits per heavy atom. The maximum atomic E-state index is 12.4. The van der Waals surface area contributed by atoms with E-state index in [-0.39, 0.29) is 43.3 Å². The lowest BCUT2D eigenvalue weighted by atomic mass is 9.91. The molecule has 9 nitrogen and oxygen atoms in total. The molecule has 0 aliphatic heterocycles. The van der Waals surface area contributed by atoms with Gasteiger partial charge in [-0.05, 0) is 64.2 Å². The van der Waals surface area contributed by atoms with Gasteiger partial charge >= 0.3 is 23.9 Å². The first kappa shape index (κ1) is 30.1. The van der Waals surface area contributed by atoms with Crippen LogP contribution in [0.15, 0.2) is 18.2 Å². The van der Waals surface area contributed by atoms with E-state index in [0.717, 1.165) is 0 Å². The number of esters is 4. The molecule has 0 heterocycles. The summed E-state index contributed by atoms with van der Waals surface area (Å²) in [6, 6.07) is 3.66. The molecule has 0 fully saturated rings. The summed E-state index contributed by atoms with van der Waals surface area (Å²) >= 11 is 0. The topological polar surface area (TPSA) is 131 Å². The minimum atomic E-state index is -1.00. The highest BCUT2D eigenvalue weighted by atomic mass is 16.6. The molecule has 2 N–H and O–H groups in total. The van der Waals surface area contributed by atoms with Crippen LogP contribution in [0.1, 0.15) is 79.2 Å². The van der Waals surface area contributed by atoms with Crippen molar-refractivity contribution in [1.29, 1.82) is 0 Å². The van der Waals surface area contributed by atoms with Crippen LogP contribution in [0.2, 0.25) is 0 Å². The summed E-state index contributed by atoms with van der Waals surface area (Å²) in [6.45, 7) is 10.7. The molecule has 196 valence electrons. The van der Waals surface area contributed by atoms with Crippen LogP contribution in [0.3, 0.4) is 0 Å². The van der Waals surface area contributed by atoms with Crippen molar-refractivity contribution >= 4 is 23.9 Å². The van der Waals surface area contributed by atoms with Crippen molar-refractivity contribution in [1.82, 2.24) is 0 Å². The maximum Gasteiger partial charge on any atom is 0.323 e. The number of ether oxygens (including phenoxy) is 4. The van der Waals surface area contributed by atoms with Crippen molar-refractivity contribution in [3.8, 4) is 11.5 Å². The predicted molar refractivity (Wildman–Crippen MR) is 130 cm³/mol. The lowest BCUT2D eigenvalue weighted by Crippen LogP contribution is -2.37. The van der Waals surface area contributed by atoms with Gasteiger partial charge in [-0.3, -0.25) is 19.2 Å². The van der Waals surface area contributed by atoms with Gasteiger partial charge in [-0.15, -0.1) is 0 Å². The molecule has 0 saturated carbocycles. The third kappa shape index (κ3) is 10.5. The van der Waals surface area contributed by atoms with Crippen LogP contribution in [0.5, 0.6) is 11.5 Å². The Hall–Kier alpha value is -2.94. The number of hydrogen-bond donors (Lipinski definition) is 1. The van der Waals surface area contributed by atoms with Gasteiger partial charge in [0.05, 0.1) is 5.41 Å². The average molecular weight is 494 g/mol. The maximum absolute atomic E-state index is 12.4. The molecule has 0 aromatic heterocycles. The summed E-state index contributed by atoms with van der Waals surface area (Å²) in [7, 11) is 0. The van der Waals surface area contributed by atoms with E-state index in [2.05, 4.69) is 0 Å². The SMILES string of the molecule is CCCC(=O)Oc1ccc(C[C@H](N)C(=O)OC[C@H](C)OC(=O)C(C)(C)CC)cc1OC(=O)CCC. The van der Waals surface area contributed by atoms with Crippen molar-refractivity contribution in [2.45, 2.75) is 92.2 Å². The highest BCUT2D eigenvalue weighted by Crippen LogP contribution is 2.30. The summed E-state index contributed by atoms with van der Waals surface area (Å²) in [6.07, 6.45) is 1.75. The predicted octanol–water partition coefficient (Wildman–Crippen LogP) is 3.88. The normalized spacial score (nSPS) is 12.9. The minimum absolute atomic E-state index is 0.0880. The van der Waals surface area contributed by atoms with Gasteiger partial charge in [0.2, 0.25) is 0 Å². The zero-order valence-corrected chi connectivity index (χ0v) is 21.7. The summed E-state index contributed by atoms with van der Waals surface area (Å²) in [5.41, 5.74) is 5.98. The van der Waals surface area contributed by atoms with Crippen LogP contribution < -0.4 is 15.2 Å². The van der Waals surface area contributed by atoms with Gasteiger partial charge in [0, 0.05) is 12.8 Å². The number of carbonyl (C=O) groups is 4. The molecular formula is C26H39NO8. The molecule has 1 aromatic carbocycles. The van der Waals surface area contributed by atoms with E-state index in [1.807, 2.05) is 20.8 Å². The minimum Gasteiger partial charge on any atom is -0.461 e. The van der Waals surface area contributed by atoms with Crippen molar-refractivity contribution in [3.05, 3.63) is 23.8 Å². The number of benzene rings is 1. The molecule has 1 rings (SSSR count). The van der Waals surface area contributed by atoms with Gasteiger partial charge in [-0.2, -0.15) is 0 Å². The highest BCUT2D eigenvalue weighted by molar-refractivity contribution is 5.78. The Morgan fingerprint density at radius 1 is 0.943 bits per heavy atom. The standard InChI is InChI=1S/C26H39NO8/c1-7-10-22(28)34-20-13-12-18(15-21(20)35-23(29)11-8-2)14-19(27)24(30)32-16-17(4)33-25(31)26(5,6)9-3/h12-13,15,17,19H,7-11,14,16,27H2,1-6H3/t17-,19-/m0/s1. The highest BCUT2D eigenvalue weighted by Gasteiger charge is 2.29. The largest absolute Gasteiger partial charge is 0.461 e. The second kappa shape index (κ2) is 14.5. The number of rotatable bonds is 14. The van der Waals surface area contributed by atoms with Gasteiger partial charge < -0.3 is 24.7 Å². The fourth-order valence-electron chi connectivity index (χ4n) is 2.76. The van der Waals surface area contributed by atoms with Gasteiger partial charge in [0.1, 0.15) is 18.8 Å². The molecule has 0 bridgehead atoms. The Kier molecular flexibility index (Phi) is 12.4. The van der Waals surface area contributed by atoms with E-state index in [9.17, 15) is 19.2 Å². The van der Waals surface area contributed by atoms with Crippen LogP contribution >= 0.6 is 0 Å². The molecule has 35 heavy (non-hydrogen) atoms. The van der Waals surface area contributed by atoms with E-state index >= 15 is 0 Å². The Bertz CT molecular complexity index is 880. The molecule has 0 radical (unpaired) electrons. The first-order valence-corrected chi connectivity index (χ1v) is 12.1. The first-order chi connectivity index (χ1) is 16.4. The summed E-state index contributed by atoms with van der Waals surface area (Å²) < 4.78 is 21.3. The van der Waals surface area contributed by atoms with E-state index in [4.69, 9.17) is 24.7 Å². The van der Waals surface area contributed by atoms with Crippen molar-refractivity contribution in [2.75, 3.05) is 6.61 Å². The monoisotopic (exact) mass is 493 g/mol. The van der Waals surface area contributed by atoms with Crippen molar-refractivity contribution < 1.29 is 38.1 Å². The number of carbonyl (C=O) groups excluding carboxylic acids is 4. The fourth-order valence-corrected chi connectivity index (χ4v) is 2.76. The zero-order chi connectivity index (χ0) is 26.6. The van der Waals surface area contributed by atoms with Crippen LogP contribution in [0.25, 0.3) is 0 Å². The van der Waals surface area contributed by atoms with E-state index in [1.54, 1.807) is 26.8 Å². The number of nitrogens with two attached hydrogens (primary N) is 1.